The van der Waals surface area contributed by atoms with E-state index >= 15 is 0 Å². The van der Waals surface area contributed by atoms with E-state index in [1.165, 1.54) is 12.5 Å². The van der Waals surface area contributed by atoms with Crippen molar-refractivity contribution in [3.05, 3.63) is 54.6 Å². The van der Waals surface area contributed by atoms with Crippen LogP contribution in [0.25, 0.3) is 11.4 Å². The number of hydrogen-bond acceptors (Lipinski definition) is 7. The number of carbonyl (C=O) groups excluding carboxylic acids is 1. The van der Waals surface area contributed by atoms with Crippen molar-refractivity contribution in [1.29, 1.82) is 0 Å². The lowest BCUT2D eigenvalue weighted by Gasteiger charge is -2.32. The van der Waals surface area contributed by atoms with Crippen molar-refractivity contribution in [2.45, 2.75) is 25.6 Å². The van der Waals surface area contributed by atoms with Gasteiger partial charge in [-0.1, -0.05) is 5.16 Å². The Labute approximate surface area is 149 Å². The number of aromatic nitrogens is 3. The lowest BCUT2D eigenvalue weighted by atomic mass is 10.1. The number of amides is 1. The molecule has 0 aromatic carbocycles. The molecule has 1 fully saturated rings. The molecule has 1 unspecified atom stereocenters. The van der Waals surface area contributed by atoms with Crippen LogP contribution in [0.3, 0.4) is 0 Å². The molecule has 1 aliphatic heterocycles. The Morgan fingerprint density at radius 3 is 3.15 bits per heavy atom. The van der Waals surface area contributed by atoms with Gasteiger partial charge in [-0.25, -0.2) is 0 Å². The monoisotopic (exact) mass is 354 g/mol. The molecule has 8 heteroatoms. The van der Waals surface area contributed by atoms with Gasteiger partial charge in [-0.3, -0.25) is 9.78 Å². The Morgan fingerprint density at radius 2 is 2.35 bits per heavy atom. The van der Waals surface area contributed by atoms with Gasteiger partial charge < -0.3 is 18.6 Å². The normalized spacial score (nSPS) is 17.4. The first-order chi connectivity index (χ1) is 12.8. The minimum atomic E-state index is -0.0617. The first-order valence-electron chi connectivity index (χ1n) is 8.45. The molecule has 0 saturated carbocycles. The van der Waals surface area contributed by atoms with Gasteiger partial charge >= 0.3 is 0 Å². The van der Waals surface area contributed by atoms with Gasteiger partial charge in [0.2, 0.25) is 5.82 Å². The van der Waals surface area contributed by atoms with Crippen LogP contribution < -0.4 is 0 Å². The number of ether oxygens (including phenoxy) is 1. The van der Waals surface area contributed by atoms with E-state index in [1.54, 1.807) is 23.4 Å². The van der Waals surface area contributed by atoms with E-state index < -0.39 is 0 Å². The molecule has 26 heavy (non-hydrogen) atoms. The molecule has 3 aromatic heterocycles. The van der Waals surface area contributed by atoms with Crippen molar-refractivity contribution >= 4 is 5.91 Å². The molecule has 0 spiro atoms. The zero-order chi connectivity index (χ0) is 17.8. The van der Waals surface area contributed by atoms with Gasteiger partial charge in [-0.05, 0) is 31.0 Å². The maximum Gasteiger partial charge on any atom is 0.257 e. The fourth-order valence-corrected chi connectivity index (χ4v) is 2.94. The van der Waals surface area contributed by atoms with Crippen molar-refractivity contribution in [2.24, 2.45) is 0 Å². The van der Waals surface area contributed by atoms with Gasteiger partial charge in [0.1, 0.15) is 12.9 Å². The highest BCUT2D eigenvalue weighted by Gasteiger charge is 2.26. The van der Waals surface area contributed by atoms with E-state index in [9.17, 15) is 4.79 Å². The van der Waals surface area contributed by atoms with Crippen LogP contribution in [0, 0.1) is 0 Å². The summed E-state index contributed by atoms with van der Waals surface area (Å²) in [5, 5.41) is 3.95. The zero-order valence-electron chi connectivity index (χ0n) is 14.1. The summed E-state index contributed by atoms with van der Waals surface area (Å²) in [5.41, 5.74) is 1.35. The topological polar surface area (TPSA) is 94.5 Å². The first kappa shape index (κ1) is 16.5. The van der Waals surface area contributed by atoms with Crippen LogP contribution in [0.5, 0.6) is 0 Å². The average Bonchev–Trinajstić information content (AvgIpc) is 3.39. The zero-order valence-corrected chi connectivity index (χ0v) is 14.1. The summed E-state index contributed by atoms with van der Waals surface area (Å²) in [7, 11) is 0. The van der Waals surface area contributed by atoms with E-state index in [1.807, 2.05) is 12.1 Å². The molecule has 1 aliphatic rings. The molecule has 1 atom stereocenters. The highest BCUT2D eigenvalue weighted by Crippen LogP contribution is 2.19. The third-order valence-corrected chi connectivity index (χ3v) is 4.26. The fourth-order valence-electron chi connectivity index (χ4n) is 2.94. The molecule has 0 radical (unpaired) electrons. The standard InChI is InChI=1S/C18H18N4O4/c23-18(14-5-8-24-11-14)22-7-2-4-15(10-22)25-12-16-20-17(21-26-16)13-3-1-6-19-9-13/h1,3,5-6,8-9,11,15H,2,4,7,10,12H2. The Kier molecular flexibility index (Phi) is 4.74. The van der Waals surface area contributed by atoms with Crippen LogP contribution in [0.1, 0.15) is 29.1 Å². The van der Waals surface area contributed by atoms with Crippen LogP contribution in [-0.4, -0.2) is 45.1 Å². The van der Waals surface area contributed by atoms with E-state index in [4.69, 9.17) is 13.7 Å². The molecule has 4 rings (SSSR count). The van der Waals surface area contributed by atoms with E-state index in [0.717, 1.165) is 24.9 Å². The summed E-state index contributed by atoms with van der Waals surface area (Å²) >= 11 is 0. The molecule has 1 saturated heterocycles. The molecule has 1 amide bonds. The Morgan fingerprint density at radius 1 is 1.38 bits per heavy atom. The predicted molar refractivity (Wildman–Crippen MR) is 90.0 cm³/mol. The van der Waals surface area contributed by atoms with Crippen molar-refractivity contribution < 1.29 is 18.5 Å². The lowest BCUT2D eigenvalue weighted by molar-refractivity contribution is -0.0153. The summed E-state index contributed by atoms with van der Waals surface area (Å²) < 4.78 is 16.1. The van der Waals surface area contributed by atoms with Crippen molar-refractivity contribution in [2.75, 3.05) is 13.1 Å². The minimum absolute atomic E-state index is 0.0382. The van der Waals surface area contributed by atoms with Crippen LogP contribution in [0.4, 0.5) is 0 Å². The second kappa shape index (κ2) is 7.49. The number of likely N-dealkylation sites (tertiary alicyclic amines) is 1. The number of nitrogens with zero attached hydrogens (tertiary/aromatic N) is 4. The molecular weight excluding hydrogens is 336 g/mol. The van der Waals surface area contributed by atoms with Crippen LogP contribution in [0.2, 0.25) is 0 Å². The van der Waals surface area contributed by atoms with Gasteiger partial charge in [-0.15, -0.1) is 0 Å². The molecule has 0 aliphatic carbocycles. The minimum Gasteiger partial charge on any atom is -0.472 e. The summed E-state index contributed by atoms with van der Waals surface area (Å²) in [5.74, 6) is 0.850. The average molecular weight is 354 g/mol. The third-order valence-electron chi connectivity index (χ3n) is 4.26. The van der Waals surface area contributed by atoms with Crippen molar-refractivity contribution in [3.63, 3.8) is 0 Å². The number of piperidine rings is 1. The maximum absolute atomic E-state index is 12.4. The third kappa shape index (κ3) is 3.65. The van der Waals surface area contributed by atoms with E-state index in [-0.39, 0.29) is 18.6 Å². The summed E-state index contributed by atoms with van der Waals surface area (Å²) in [6.45, 7) is 1.47. The van der Waals surface area contributed by atoms with Crippen LogP contribution in [0.15, 0.2) is 52.1 Å². The first-order valence-corrected chi connectivity index (χ1v) is 8.45. The molecule has 134 valence electrons. The molecular formula is C18H18N4O4. The van der Waals surface area contributed by atoms with Gasteiger partial charge in [0.15, 0.2) is 0 Å². The highest BCUT2D eigenvalue weighted by atomic mass is 16.5. The second-order valence-corrected chi connectivity index (χ2v) is 6.09. The molecule has 0 bridgehead atoms. The Balaban J connectivity index is 1.33. The number of pyridine rings is 1. The Hall–Kier alpha value is -3.00. The highest BCUT2D eigenvalue weighted by molar-refractivity contribution is 5.93. The van der Waals surface area contributed by atoms with Crippen molar-refractivity contribution in [1.82, 2.24) is 20.0 Å². The number of rotatable bonds is 5. The smallest absolute Gasteiger partial charge is 0.257 e. The van der Waals surface area contributed by atoms with Gasteiger partial charge in [0.25, 0.3) is 11.8 Å². The van der Waals surface area contributed by atoms with E-state index in [0.29, 0.717) is 23.8 Å². The number of carbonyl (C=O) groups is 1. The molecule has 0 N–H and O–H groups in total. The fraction of sp³-hybridized carbons (Fsp3) is 0.333. The maximum atomic E-state index is 12.4. The number of furan rings is 1. The predicted octanol–water partition coefficient (Wildman–Crippen LogP) is 2.55. The van der Waals surface area contributed by atoms with E-state index in [2.05, 4.69) is 15.1 Å². The summed E-state index contributed by atoms with van der Waals surface area (Å²) in [6.07, 6.45) is 8.04. The molecule has 4 heterocycles. The van der Waals surface area contributed by atoms with Gasteiger partial charge in [0.05, 0.1) is 17.9 Å². The summed E-state index contributed by atoms with van der Waals surface area (Å²) in [6, 6.07) is 5.35. The second-order valence-electron chi connectivity index (χ2n) is 6.09. The lowest BCUT2D eigenvalue weighted by Crippen LogP contribution is -2.43. The number of hydrogen-bond donors (Lipinski definition) is 0. The largest absolute Gasteiger partial charge is 0.472 e. The van der Waals surface area contributed by atoms with Crippen LogP contribution >= 0.6 is 0 Å². The molecule has 8 nitrogen and oxygen atoms in total. The van der Waals surface area contributed by atoms with Gasteiger partial charge in [0, 0.05) is 31.0 Å². The van der Waals surface area contributed by atoms with Gasteiger partial charge in [-0.2, -0.15) is 4.98 Å². The van der Waals surface area contributed by atoms with Crippen molar-refractivity contribution in [3.8, 4) is 11.4 Å². The SMILES string of the molecule is O=C(c1ccoc1)N1CCCC(OCc2nc(-c3cccnc3)no2)C1. The quantitative estimate of drug-likeness (QED) is 0.695. The summed E-state index contributed by atoms with van der Waals surface area (Å²) in [4.78, 5) is 22.6. The van der Waals surface area contributed by atoms with Crippen LogP contribution in [-0.2, 0) is 11.3 Å². The Bertz CT molecular complexity index is 847. The molecule has 3 aromatic rings.